The van der Waals surface area contributed by atoms with Crippen molar-refractivity contribution in [2.45, 2.75) is 32.5 Å². The summed E-state index contributed by atoms with van der Waals surface area (Å²) in [6.45, 7) is 3.55. The maximum atomic E-state index is 12.6. The molecule has 0 bridgehead atoms. The Balaban J connectivity index is 2.20. The Morgan fingerprint density at radius 3 is 2.50 bits per heavy atom. The molecule has 1 heterocycles. The second-order valence-corrected chi connectivity index (χ2v) is 5.71. The summed E-state index contributed by atoms with van der Waals surface area (Å²) in [4.78, 5) is 4.32. The number of rotatable bonds is 3. The lowest BCUT2D eigenvalue weighted by atomic mass is 9.97. The van der Waals surface area contributed by atoms with Crippen LogP contribution in [0.5, 0.6) is 0 Å². The van der Waals surface area contributed by atoms with Gasteiger partial charge >= 0.3 is 6.18 Å². The van der Waals surface area contributed by atoms with E-state index in [9.17, 15) is 13.2 Å². The highest BCUT2D eigenvalue weighted by atomic mass is 32.1. The largest absolute Gasteiger partial charge is 0.416 e. The van der Waals surface area contributed by atoms with E-state index in [1.54, 1.807) is 6.92 Å². The van der Waals surface area contributed by atoms with Crippen molar-refractivity contribution in [3.63, 3.8) is 0 Å². The van der Waals surface area contributed by atoms with Gasteiger partial charge in [0.05, 0.1) is 10.6 Å². The number of thiazole rings is 1. The molecule has 0 aliphatic heterocycles. The summed E-state index contributed by atoms with van der Waals surface area (Å²) in [5.41, 5.74) is 7.65. The normalized spacial score (nSPS) is 13.5. The van der Waals surface area contributed by atoms with Crippen molar-refractivity contribution in [3.8, 4) is 0 Å². The molecule has 108 valence electrons. The Labute approximate surface area is 119 Å². The highest BCUT2D eigenvalue weighted by Gasteiger charge is 2.30. The smallest absolute Gasteiger partial charge is 0.324 e. The zero-order valence-corrected chi connectivity index (χ0v) is 12.0. The van der Waals surface area contributed by atoms with Crippen LogP contribution in [0.3, 0.4) is 0 Å². The van der Waals surface area contributed by atoms with Gasteiger partial charge in [0.2, 0.25) is 0 Å². The molecule has 6 heteroatoms. The van der Waals surface area contributed by atoms with E-state index in [2.05, 4.69) is 4.98 Å². The molecule has 0 saturated heterocycles. The lowest BCUT2D eigenvalue weighted by molar-refractivity contribution is -0.137. The molecule has 0 aliphatic carbocycles. The summed E-state index contributed by atoms with van der Waals surface area (Å²) in [6.07, 6.45) is -3.79. The van der Waals surface area contributed by atoms with Gasteiger partial charge < -0.3 is 5.73 Å². The van der Waals surface area contributed by atoms with Gasteiger partial charge in [-0.05, 0) is 37.1 Å². The Morgan fingerprint density at radius 2 is 2.00 bits per heavy atom. The van der Waals surface area contributed by atoms with Gasteiger partial charge in [-0.3, -0.25) is 0 Å². The number of nitrogens with zero attached hydrogens (tertiary/aromatic N) is 1. The number of alkyl halides is 3. The summed E-state index contributed by atoms with van der Waals surface area (Å²) in [5.74, 6) is 0. The zero-order chi connectivity index (χ0) is 14.9. The SMILES string of the molecule is Cc1csc(CC(N)c2ccc(C(F)(F)F)cc2C)n1. The van der Waals surface area contributed by atoms with E-state index >= 15 is 0 Å². The first-order chi connectivity index (χ1) is 9.27. The number of nitrogens with two attached hydrogens (primary N) is 1. The summed E-state index contributed by atoms with van der Waals surface area (Å²) in [5, 5.41) is 2.83. The minimum absolute atomic E-state index is 0.345. The lowest BCUT2D eigenvalue weighted by Gasteiger charge is -2.15. The highest BCUT2D eigenvalue weighted by molar-refractivity contribution is 7.09. The van der Waals surface area contributed by atoms with Crippen LogP contribution in [-0.4, -0.2) is 4.98 Å². The van der Waals surface area contributed by atoms with E-state index in [-0.39, 0.29) is 6.04 Å². The fourth-order valence-electron chi connectivity index (χ4n) is 2.06. The molecule has 2 aromatic rings. The highest BCUT2D eigenvalue weighted by Crippen LogP contribution is 2.32. The molecular weight excluding hydrogens is 285 g/mol. The molecule has 0 radical (unpaired) electrons. The van der Waals surface area contributed by atoms with Crippen molar-refractivity contribution in [2.24, 2.45) is 5.73 Å². The van der Waals surface area contributed by atoms with Crippen molar-refractivity contribution in [2.75, 3.05) is 0 Å². The van der Waals surface area contributed by atoms with E-state index < -0.39 is 11.7 Å². The minimum Gasteiger partial charge on any atom is -0.324 e. The van der Waals surface area contributed by atoms with Crippen molar-refractivity contribution in [3.05, 3.63) is 51.0 Å². The van der Waals surface area contributed by atoms with Gasteiger partial charge in [0.25, 0.3) is 0 Å². The Kier molecular flexibility index (Phi) is 4.15. The number of hydrogen-bond donors (Lipinski definition) is 1. The summed E-state index contributed by atoms with van der Waals surface area (Å²) < 4.78 is 37.8. The van der Waals surface area contributed by atoms with Crippen LogP contribution >= 0.6 is 11.3 Å². The Hall–Kier alpha value is -1.40. The predicted molar refractivity (Wildman–Crippen MR) is 73.7 cm³/mol. The third-order valence-corrected chi connectivity index (χ3v) is 4.05. The van der Waals surface area contributed by atoms with Crippen LogP contribution in [0, 0.1) is 13.8 Å². The molecule has 1 aromatic carbocycles. The molecule has 1 unspecified atom stereocenters. The topological polar surface area (TPSA) is 38.9 Å². The molecule has 0 amide bonds. The molecule has 0 aliphatic rings. The number of aromatic nitrogens is 1. The van der Waals surface area contributed by atoms with Gasteiger partial charge in [-0.2, -0.15) is 13.2 Å². The molecule has 0 spiro atoms. The fraction of sp³-hybridized carbons (Fsp3) is 0.357. The predicted octanol–water partition coefficient (Wildman–Crippen LogP) is 4.02. The summed E-state index contributed by atoms with van der Waals surface area (Å²) >= 11 is 1.51. The third kappa shape index (κ3) is 3.37. The molecule has 20 heavy (non-hydrogen) atoms. The quantitative estimate of drug-likeness (QED) is 0.929. The minimum atomic E-state index is -4.32. The zero-order valence-electron chi connectivity index (χ0n) is 11.2. The standard InChI is InChI=1S/C14H15F3N2S/c1-8-5-10(14(15,16)17)3-4-11(8)12(18)6-13-19-9(2)7-20-13/h3-5,7,12H,6,18H2,1-2H3. The number of hydrogen-bond acceptors (Lipinski definition) is 3. The van der Waals surface area contributed by atoms with Crippen molar-refractivity contribution in [1.29, 1.82) is 0 Å². The first kappa shape index (κ1) is 15.0. The van der Waals surface area contributed by atoms with Gasteiger partial charge in [0.1, 0.15) is 0 Å². The number of aryl methyl sites for hydroxylation is 2. The van der Waals surface area contributed by atoms with Crippen LogP contribution in [0.15, 0.2) is 23.6 Å². The van der Waals surface area contributed by atoms with Crippen LogP contribution in [0.4, 0.5) is 13.2 Å². The van der Waals surface area contributed by atoms with Crippen LogP contribution in [0.25, 0.3) is 0 Å². The van der Waals surface area contributed by atoms with E-state index in [4.69, 9.17) is 5.73 Å². The fourth-order valence-corrected chi connectivity index (χ4v) is 2.89. The second kappa shape index (κ2) is 5.54. The Bertz CT molecular complexity index is 605. The third-order valence-electron chi connectivity index (χ3n) is 3.06. The Morgan fingerprint density at radius 1 is 1.30 bits per heavy atom. The maximum Gasteiger partial charge on any atom is 0.416 e. The lowest BCUT2D eigenvalue weighted by Crippen LogP contribution is -2.15. The van der Waals surface area contributed by atoms with E-state index in [0.717, 1.165) is 28.4 Å². The van der Waals surface area contributed by atoms with Gasteiger partial charge in [0, 0.05) is 23.5 Å². The molecule has 2 N–H and O–H groups in total. The van der Waals surface area contributed by atoms with Crippen molar-refractivity contribution in [1.82, 2.24) is 4.98 Å². The van der Waals surface area contributed by atoms with Crippen LogP contribution in [0.1, 0.15) is 33.4 Å². The van der Waals surface area contributed by atoms with E-state index in [0.29, 0.717) is 12.0 Å². The number of halogens is 3. The van der Waals surface area contributed by atoms with Crippen molar-refractivity contribution < 1.29 is 13.2 Å². The maximum absolute atomic E-state index is 12.6. The average molecular weight is 300 g/mol. The molecule has 2 rings (SSSR count). The summed E-state index contributed by atoms with van der Waals surface area (Å²) in [7, 11) is 0. The first-order valence-corrected chi connectivity index (χ1v) is 6.99. The summed E-state index contributed by atoms with van der Waals surface area (Å²) in [6, 6.07) is 3.34. The second-order valence-electron chi connectivity index (χ2n) is 4.76. The molecule has 1 atom stereocenters. The van der Waals surface area contributed by atoms with E-state index in [1.807, 2.05) is 12.3 Å². The van der Waals surface area contributed by atoms with Crippen LogP contribution in [0.2, 0.25) is 0 Å². The van der Waals surface area contributed by atoms with Gasteiger partial charge in [-0.25, -0.2) is 4.98 Å². The first-order valence-electron chi connectivity index (χ1n) is 6.11. The molecule has 2 nitrogen and oxygen atoms in total. The van der Waals surface area contributed by atoms with E-state index in [1.165, 1.54) is 17.4 Å². The molecule has 0 saturated carbocycles. The molecule has 0 fully saturated rings. The van der Waals surface area contributed by atoms with Crippen LogP contribution < -0.4 is 5.73 Å². The van der Waals surface area contributed by atoms with Gasteiger partial charge in [-0.1, -0.05) is 6.07 Å². The monoisotopic (exact) mass is 300 g/mol. The molecule has 1 aromatic heterocycles. The average Bonchev–Trinajstić information content (AvgIpc) is 2.73. The number of benzene rings is 1. The van der Waals surface area contributed by atoms with Gasteiger partial charge in [0.15, 0.2) is 0 Å². The van der Waals surface area contributed by atoms with Crippen LogP contribution in [-0.2, 0) is 12.6 Å². The molecular formula is C14H15F3N2S. The van der Waals surface area contributed by atoms with Crippen molar-refractivity contribution >= 4 is 11.3 Å². The van der Waals surface area contributed by atoms with Gasteiger partial charge in [-0.15, -0.1) is 11.3 Å².